The fraction of sp³-hybridized carbons (Fsp3) is 0.762. The largest absolute Gasteiger partial charge is 0.497 e. The standard InChI is InChI=1S/C21H28O2/c1-3-13-4-5-16-15-11-19-18-10-14(22)6-9-21(18,12-23-19)17(15)7-8-20(13,16)2/h3,15-17H,4-12H2,1-2H3. The second kappa shape index (κ2) is 4.52. The fourth-order valence-electron chi connectivity index (χ4n) is 7.31. The molecule has 0 saturated heterocycles. The van der Waals surface area contributed by atoms with Crippen molar-refractivity contribution in [3.05, 3.63) is 23.0 Å². The van der Waals surface area contributed by atoms with E-state index >= 15 is 0 Å². The molecule has 23 heavy (non-hydrogen) atoms. The van der Waals surface area contributed by atoms with Crippen LogP contribution in [0.25, 0.3) is 0 Å². The van der Waals surface area contributed by atoms with E-state index < -0.39 is 0 Å². The molecule has 0 aromatic rings. The van der Waals surface area contributed by atoms with E-state index in [0.717, 1.165) is 43.6 Å². The van der Waals surface area contributed by atoms with Gasteiger partial charge in [0.15, 0.2) is 0 Å². The highest BCUT2D eigenvalue weighted by Crippen LogP contribution is 2.68. The van der Waals surface area contributed by atoms with Crippen LogP contribution in [0.15, 0.2) is 23.0 Å². The van der Waals surface area contributed by atoms with Crippen LogP contribution in [0.4, 0.5) is 0 Å². The number of carbonyl (C=O) groups is 1. The first-order chi connectivity index (χ1) is 11.1. The summed E-state index contributed by atoms with van der Waals surface area (Å²) in [6, 6.07) is 0. The second-order valence-electron chi connectivity index (χ2n) is 8.95. The SMILES string of the molecule is CC=C1CCC2C3CC4=C5CC(=O)CCC5(CO4)C3CCC12C. The molecule has 4 aliphatic carbocycles. The van der Waals surface area contributed by atoms with E-state index in [-0.39, 0.29) is 5.41 Å². The molecule has 0 N–H and O–H groups in total. The van der Waals surface area contributed by atoms with Gasteiger partial charge in [0.05, 0.1) is 12.4 Å². The van der Waals surface area contributed by atoms with Crippen molar-refractivity contribution in [1.29, 1.82) is 0 Å². The van der Waals surface area contributed by atoms with Crippen LogP contribution < -0.4 is 0 Å². The summed E-state index contributed by atoms with van der Waals surface area (Å²) >= 11 is 0. The lowest BCUT2D eigenvalue weighted by atomic mass is 9.48. The third-order valence-corrected chi connectivity index (χ3v) is 8.43. The summed E-state index contributed by atoms with van der Waals surface area (Å²) < 4.78 is 6.20. The Bertz CT molecular complexity index is 642. The summed E-state index contributed by atoms with van der Waals surface area (Å²) in [5.74, 6) is 4.07. The molecule has 1 aliphatic heterocycles. The number of carbonyl (C=O) groups excluding carboxylic acids is 1. The van der Waals surface area contributed by atoms with Gasteiger partial charge in [0, 0.05) is 24.7 Å². The lowest BCUT2D eigenvalue weighted by Gasteiger charge is -2.55. The summed E-state index contributed by atoms with van der Waals surface area (Å²) in [6.45, 7) is 5.64. The number of allylic oxidation sites excluding steroid dienone is 3. The minimum Gasteiger partial charge on any atom is -0.497 e. The maximum Gasteiger partial charge on any atom is 0.137 e. The van der Waals surface area contributed by atoms with Crippen LogP contribution in [-0.4, -0.2) is 12.4 Å². The zero-order chi connectivity index (χ0) is 15.8. The van der Waals surface area contributed by atoms with Crippen molar-refractivity contribution in [3.63, 3.8) is 0 Å². The molecular weight excluding hydrogens is 284 g/mol. The van der Waals surface area contributed by atoms with Crippen LogP contribution in [-0.2, 0) is 9.53 Å². The Balaban J connectivity index is 1.57. The minimum atomic E-state index is 0.242. The van der Waals surface area contributed by atoms with Gasteiger partial charge in [-0.3, -0.25) is 4.79 Å². The number of Topliss-reactive ketones (excluding diaryl/α,β-unsaturated/α-hetero) is 1. The molecule has 0 spiro atoms. The predicted octanol–water partition coefficient (Wildman–Crippen LogP) is 4.80. The van der Waals surface area contributed by atoms with Crippen LogP contribution in [0, 0.1) is 28.6 Å². The molecule has 0 radical (unpaired) electrons. The van der Waals surface area contributed by atoms with Crippen molar-refractivity contribution in [1.82, 2.24) is 0 Å². The van der Waals surface area contributed by atoms with Crippen molar-refractivity contribution in [3.8, 4) is 0 Å². The van der Waals surface area contributed by atoms with E-state index in [9.17, 15) is 4.79 Å². The van der Waals surface area contributed by atoms with Gasteiger partial charge in [-0.15, -0.1) is 0 Å². The van der Waals surface area contributed by atoms with Crippen LogP contribution in [0.3, 0.4) is 0 Å². The van der Waals surface area contributed by atoms with Crippen LogP contribution in [0.2, 0.25) is 0 Å². The molecule has 0 aromatic heterocycles. The van der Waals surface area contributed by atoms with Crippen molar-refractivity contribution in [2.24, 2.45) is 28.6 Å². The van der Waals surface area contributed by atoms with Gasteiger partial charge >= 0.3 is 0 Å². The Morgan fingerprint density at radius 1 is 1.17 bits per heavy atom. The van der Waals surface area contributed by atoms with Gasteiger partial charge in [0.25, 0.3) is 0 Å². The van der Waals surface area contributed by atoms with E-state index in [4.69, 9.17) is 4.74 Å². The maximum atomic E-state index is 12.0. The first-order valence-corrected chi connectivity index (χ1v) is 9.61. The molecule has 5 unspecified atom stereocenters. The van der Waals surface area contributed by atoms with Crippen LogP contribution in [0.5, 0.6) is 0 Å². The van der Waals surface area contributed by atoms with Crippen molar-refractivity contribution in [2.75, 3.05) is 6.61 Å². The summed E-state index contributed by atoms with van der Waals surface area (Å²) in [6.07, 6.45) is 11.4. The number of hydrogen-bond acceptors (Lipinski definition) is 2. The summed E-state index contributed by atoms with van der Waals surface area (Å²) in [4.78, 5) is 12.0. The van der Waals surface area contributed by atoms with Gasteiger partial charge < -0.3 is 4.74 Å². The fourth-order valence-corrected chi connectivity index (χ4v) is 7.31. The molecule has 1 heterocycles. The molecule has 5 aliphatic rings. The number of ether oxygens (including phenoxy) is 1. The molecule has 124 valence electrons. The third-order valence-electron chi connectivity index (χ3n) is 8.43. The molecule has 5 rings (SSSR count). The van der Waals surface area contributed by atoms with Crippen molar-refractivity contribution in [2.45, 2.75) is 65.2 Å². The topological polar surface area (TPSA) is 26.3 Å². The lowest BCUT2D eigenvalue weighted by molar-refractivity contribution is -0.122. The van der Waals surface area contributed by atoms with Gasteiger partial charge in [-0.05, 0) is 67.8 Å². The maximum absolute atomic E-state index is 12.0. The lowest BCUT2D eigenvalue weighted by Crippen LogP contribution is -2.50. The first-order valence-electron chi connectivity index (χ1n) is 9.61. The van der Waals surface area contributed by atoms with Gasteiger partial charge in [-0.25, -0.2) is 0 Å². The van der Waals surface area contributed by atoms with E-state index in [1.54, 1.807) is 5.57 Å². The zero-order valence-electron chi connectivity index (χ0n) is 14.5. The van der Waals surface area contributed by atoms with Gasteiger partial charge in [-0.1, -0.05) is 18.6 Å². The Morgan fingerprint density at radius 3 is 2.87 bits per heavy atom. The van der Waals surface area contributed by atoms with Crippen LogP contribution in [0.1, 0.15) is 65.2 Å². The Hall–Kier alpha value is -1.05. The molecule has 2 heteroatoms. The van der Waals surface area contributed by atoms with Gasteiger partial charge in [0.2, 0.25) is 0 Å². The van der Waals surface area contributed by atoms with Gasteiger partial charge in [0.1, 0.15) is 5.78 Å². The molecule has 0 aromatic carbocycles. The van der Waals surface area contributed by atoms with E-state index in [2.05, 4.69) is 19.9 Å². The smallest absolute Gasteiger partial charge is 0.137 e. The Labute approximate surface area is 139 Å². The highest BCUT2D eigenvalue weighted by atomic mass is 16.5. The quantitative estimate of drug-likeness (QED) is 0.600. The molecule has 3 fully saturated rings. The molecular formula is C21H28O2. The summed E-state index contributed by atoms with van der Waals surface area (Å²) in [7, 11) is 0. The average Bonchev–Trinajstić information content (AvgIpc) is 3.01. The van der Waals surface area contributed by atoms with E-state index in [0.29, 0.717) is 17.6 Å². The summed E-state index contributed by atoms with van der Waals surface area (Å²) in [5, 5.41) is 0. The second-order valence-corrected chi connectivity index (χ2v) is 8.95. The Kier molecular flexibility index (Phi) is 2.81. The number of rotatable bonds is 0. The molecule has 2 nitrogen and oxygen atoms in total. The normalized spacial score (nSPS) is 49.7. The monoisotopic (exact) mass is 312 g/mol. The molecule has 2 bridgehead atoms. The Morgan fingerprint density at radius 2 is 2.04 bits per heavy atom. The number of fused-ring (bicyclic) bond motifs is 3. The van der Waals surface area contributed by atoms with Crippen LogP contribution >= 0.6 is 0 Å². The average molecular weight is 312 g/mol. The van der Waals surface area contributed by atoms with Crippen molar-refractivity contribution < 1.29 is 9.53 Å². The molecule has 5 atom stereocenters. The van der Waals surface area contributed by atoms with Gasteiger partial charge in [-0.2, -0.15) is 0 Å². The predicted molar refractivity (Wildman–Crippen MR) is 89.7 cm³/mol. The number of hydrogen-bond donors (Lipinski definition) is 0. The third kappa shape index (κ3) is 1.63. The molecule has 3 saturated carbocycles. The van der Waals surface area contributed by atoms with Crippen molar-refractivity contribution >= 4 is 5.78 Å². The van der Waals surface area contributed by atoms with E-state index in [1.165, 1.54) is 37.0 Å². The molecule has 0 amide bonds. The summed E-state index contributed by atoms with van der Waals surface area (Å²) in [5.41, 5.74) is 3.83. The highest BCUT2D eigenvalue weighted by molar-refractivity contribution is 5.83. The first kappa shape index (κ1) is 14.3. The van der Waals surface area contributed by atoms with E-state index in [1.807, 2.05) is 0 Å². The zero-order valence-corrected chi connectivity index (χ0v) is 14.5. The number of ketones is 1. The minimum absolute atomic E-state index is 0.242. The highest BCUT2D eigenvalue weighted by Gasteiger charge is 2.62.